The summed E-state index contributed by atoms with van der Waals surface area (Å²) >= 11 is 13.6. The summed E-state index contributed by atoms with van der Waals surface area (Å²) in [6, 6.07) is 14.2. The average molecular weight is 676 g/mol. The normalized spacial score (nSPS) is 12.2. The molecule has 0 aliphatic carbocycles. The minimum Gasteiger partial charge on any atom is -0.495 e. The fraction of sp³-hybridized carbons (Fsp3) is 0.257. The number of allylic oxidation sites excluding steroid dienone is 1. The summed E-state index contributed by atoms with van der Waals surface area (Å²) in [5.41, 5.74) is 2.50. The summed E-state index contributed by atoms with van der Waals surface area (Å²) in [6.45, 7) is 2.61. The number of ketones is 1. The molecule has 0 radical (unpaired) electrons. The molecular weight excluding hydrogens is 639 g/mol. The molecule has 5 rings (SSSR count). The summed E-state index contributed by atoms with van der Waals surface area (Å²) in [5.74, 6) is 1.73. The van der Waals surface area contributed by atoms with Crippen LogP contribution in [0.15, 0.2) is 77.9 Å². The number of halogens is 2. The topological polar surface area (TPSA) is 104 Å². The summed E-state index contributed by atoms with van der Waals surface area (Å²) in [6.07, 6.45) is 7.19. The largest absolute Gasteiger partial charge is 0.495 e. The molecule has 0 amide bonds. The predicted octanol–water partition coefficient (Wildman–Crippen LogP) is 6.70. The van der Waals surface area contributed by atoms with Crippen LogP contribution in [0.4, 0.5) is 11.6 Å². The third kappa shape index (κ3) is 7.35. The Bertz CT molecular complexity index is 2010. The minimum absolute atomic E-state index is 0.00571. The van der Waals surface area contributed by atoms with Crippen LogP contribution in [0, 0.1) is 0 Å². The van der Waals surface area contributed by atoms with Gasteiger partial charge in [0.2, 0.25) is 0 Å². The molecule has 1 atom stereocenters. The van der Waals surface area contributed by atoms with Crippen LogP contribution >= 0.6 is 23.2 Å². The Labute approximate surface area is 283 Å². The van der Waals surface area contributed by atoms with E-state index >= 15 is 0 Å². The van der Waals surface area contributed by atoms with Gasteiger partial charge >= 0.3 is 0 Å². The van der Waals surface area contributed by atoms with Crippen molar-refractivity contribution in [2.75, 3.05) is 40.2 Å². The lowest BCUT2D eigenvalue weighted by molar-refractivity contribution is -0.114. The van der Waals surface area contributed by atoms with Gasteiger partial charge in [0.25, 0.3) is 5.56 Å². The lowest BCUT2D eigenvalue weighted by Gasteiger charge is -2.22. The first kappa shape index (κ1) is 33.7. The van der Waals surface area contributed by atoms with E-state index < -0.39 is 6.04 Å². The highest BCUT2D eigenvalue weighted by Crippen LogP contribution is 2.45. The van der Waals surface area contributed by atoms with Crippen LogP contribution < -0.4 is 20.3 Å². The Balaban J connectivity index is 1.67. The van der Waals surface area contributed by atoms with Crippen molar-refractivity contribution >= 4 is 51.5 Å². The van der Waals surface area contributed by atoms with Gasteiger partial charge in [0.15, 0.2) is 11.6 Å². The Morgan fingerprint density at radius 1 is 1.04 bits per heavy atom. The quantitative estimate of drug-likeness (QED) is 0.146. The second-order valence-corrected chi connectivity index (χ2v) is 12.1. The predicted molar refractivity (Wildman–Crippen MR) is 188 cm³/mol. The van der Waals surface area contributed by atoms with Gasteiger partial charge < -0.3 is 24.3 Å². The zero-order valence-electron chi connectivity index (χ0n) is 27.0. The fourth-order valence-electron chi connectivity index (χ4n) is 5.37. The van der Waals surface area contributed by atoms with Crippen LogP contribution in [0.1, 0.15) is 24.1 Å². The number of pyridine rings is 2. The number of hydrogen-bond donors (Lipinski definition) is 1. The number of methoxy groups -OCH3 is 2. The fourth-order valence-corrected chi connectivity index (χ4v) is 6.07. The van der Waals surface area contributed by atoms with Gasteiger partial charge in [-0.3, -0.25) is 14.3 Å². The van der Waals surface area contributed by atoms with Gasteiger partial charge in [-0.15, -0.1) is 0 Å². The van der Waals surface area contributed by atoms with E-state index in [1.165, 1.54) is 14.2 Å². The van der Waals surface area contributed by atoms with Gasteiger partial charge in [-0.05, 0) is 44.3 Å². The number of carbonyl (C=O) groups is 1. The van der Waals surface area contributed by atoms with Gasteiger partial charge in [-0.1, -0.05) is 53.5 Å². The van der Waals surface area contributed by atoms with E-state index in [4.69, 9.17) is 32.7 Å². The number of likely N-dealkylation sites (N-methyl/N-ethyl adjacent to an activating group) is 1. The van der Waals surface area contributed by atoms with E-state index in [1.807, 2.05) is 81.6 Å². The molecule has 0 aliphatic heterocycles. The van der Waals surface area contributed by atoms with Crippen molar-refractivity contribution in [2.45, 2.75) is 19.4 Å². The standard InChI is InChI=1S/C35H36Cl2N6O4/c1-21(23-10-7-9-22(15-23)16-25(44)11-8-13-41(2)3)43-27-18-31(39-30-12-14-42(4)40-30)38-20-24(27)17-26(35(43)45)32-33(36)28(46-5)19-29(47-6)34(32)37/h7-12,14-15,17-21H,13,16H2,1-6H3,(H,38,39,40)/b11-8+. The van der Waals surface area contributed by atoms with Gasteiger partial charge in [0.05, 0.1) is 41.4 Å². The number of aryl methyl sites for hydroxylation is 1. The Hall–Kier alpha value is -4.64. The van der Waals surface area contributed by atoms with E-state index in [0.717, 1.165) is 11.1 Å². The second-order valence-electron chi connectivity index (χ2n) is 11.4. The molecule has 1 unspecified atom stereocenters. The lowest BCUT2D eigenvalue weighted by atomic mass is 9.99. The number of anilines is 2. The van der Waals surface area contributed by atoms with Gasteiger partial charge in [0, 0.05) is 61.6 Å². The molecule has 47 heavy (non-hydrogen) atoms. The van der Waals surface area contributed by atoms with Crippen molar-refractivity contribution in [3.8, 4) is 22.6 Å². The average Bonchev–Trinajstić information content (AvgIpc) is 3.45. The smallest absolute Gasteiger partial charge is 0.259 e. The van der Waals surface area contributed by atoms with Crippen LogP contribution in [0.25, 0.3) is 22.0 Å². The zero-order chi connectivity index (χ0) is 33.8. The lowest BCUT2D eigenvalue weighted by Crippen LogP contribution is -2.26. The highest BCUT2D eigenvalue weighted by Gasteiger charge is 2.25. The molecule has 0 aliphatic rings. The van der Waals surface area contributed by atoms with Crippen molar-refractivity contribution in [2.24, 2.45) is 7.05 Å². The highest BCUT2D eigenvalue weighted by molar-refractivity contribution is 6.41. The highest BCUT2D eigenvalue weighted by atomic mass is 35.5. The molecule has 12 heteroatoms. The summed E-state index contributed by atoms with van der Waals surface area (Å²) in [5, 5.41) is 8.62. The first-order chi connectivity index (χ1) is 22.5. The first-order valence-corrected chi connectivity index (χ1v) is 15.6. The summed E-state index contributed by atoms with van der Waals surface area (Å²) < 4.78 is 14.4. The van der Waals surface area contributed by atoms with Crippen molar-refractivity contribution < 1.29 is 14.3 Å². The van der Waals surface area contributed by atoms with E-state index in [9.17, 15) is 9.59 Å². The molecule has 3 aromatic heterocycles. The molecular formula is C35H36Cl2N6O4. The molecule has 1 N–H and O–H groups in total. The molecule has 5 aromatic rings. The SMILES string of the molecule is COc1cc(OC)c(Cl)c(-c2cc3cnc(Nc4ccn(C)n4)cc3n(C(C)c3cccc(CC(=O)/C=C/CN(C)C)c3)c2=O)c1Cl. The Morgan fingerprint density at radius 2 is 1.77 bits per heavy atom. The maximum absolute atomic E-state index is 14.7. The number of nitrogens with zero attached hydrogens (tertiary/aromatic N) is 5. The van der Waals surface area contributed by atoms with Crippen molar-refractivity contribution in [3.63, 3.8) is 0 Å². The second kappa shape index (κ2) is 14.4. The summed E-state index contributed by atoms with van der Waals surface area (Å²) in [4.78, 5) is 33.9. The number of fused-ring (bicyclic) bond motifs is 1. The third-order valence-electron chi connectivity index (χ3n) is 7.71. The molecule has 2 aromatic carbocycles. The van der Waals surface area contributed by atoms with Crippen LogP contribution in [0.3, 0.4) is 0 Å². The van der Waals surface area contributed by atoms with Crippen molar-refractivity contribution in [3.05, 3.63) is 105 Å². The molecule has 3 heterocycles. The Kier molecular flexibility index (Phi) is 10.3. The van der Waals surface area contributed by atoms with Crippen LogP contribution in [-0.4, -0.2) is 64.9 Å². The van der Waals surface area contributed by atoms with Gasteiger partial charge in [0.1, 0.15) is 17.3 Å². The van der Waals surface area contributed by atoms with Crippen LogP contribution in [0.2, 0.25) is 10.0 Å². The van der Waals surface area contributed by atoms with E-state index in [-0.39, 0.29) is 38.9 Å². The third-order valence-corrected chi connectivity index (χ3v) is 8.46. The number of carbonyl (C=O) groups excluding carboxylic acids is 1. The van der Waals surface area contributed by atoms with Gasteiger partial charge in [-0.25, -0.2) is 4.98 Å². The monoisotopic (exact) mass is 674 g/mol. The Morgan fingerprint density at radius 3 is 2.40 bits per heavy atom. The molecule has 0 spiro atoms. The molecule has 0 saturated carbocycles. The number of nitrogens with one attached hydrogen (secondary N) is 1. The van der Waals surface area contributed by atoms with Gasteiger partial charge in [-0.2, -0.15) is 5.10 Å². The minimum atomic E-state index is -0.473. The molecule has 0 bridgehead atoms. The number of ether oxygens (including phenoxy) is 2. The van der Waals surface area contributed by atoms with E-state index in [2.05, 4.69) is 15.4 Å². The molecule has 244 valence electrons. The van der Waals surface area contributed by atoms with Crippen LogP contribution in [0.5, 0.6) is 11.5 Å². The maximum Gasteiger partial charge on any atom is 0.259 e. The number of benzene rings is 2. The van der Waals surface area contributed by atoms with E-state index in [0.29, 0.717) is 40.6 Å². The first-order valence-electron chi connectivity index (χ1n) is 14.9. The summed E-state index contributed by atoms with van der Waals surface area (Å²) in [7, 11) is 8.68. The molecule has 0 saturated heterocycles. The zero-order valence-corrected chi connectivity index (χ0v) is 28.6. The molecule has 0 fully saturated rings. The maximum atomic E-state index is 14.7. The van der Waals surface area contributed by atoms with Crippen molar-refractivity contribution in [1.29, 1.82) is 0 Å². The van der Waals surface area contributed by atoms with E-state index in [1.54, 1.807) is 33.7 Å². The van der Waals surface area contributed by atoms with Crippen molar-refractivity contribution in [1.82, 2.24) is 24.2 Å². The van der Waals surface area contributed by atoms with Crippen LogP contribution in [-0.2, 0) is 18.3 Å². The number of hydrogen-bond acceptors (Lipinski definition) is 8. The molecule has 10 nitrogen and oxygen atoms in total. The number of rotatable bonds is 12. The number of aromatic nitrogens is 4.